The van der Waals surface area contributed by atoms with Crippen molar-refractivity contribution in [2.24, 2.45) is 0 Å². The maximum Gasteiger partial charge on any atom is 0.125 e. The lowest BCUT2D eigenvalue weighted by atomic mass is 10.1. The standard InChI is InChI=1S/C15H23N3O/c1-4-8-16-15(14-7-6-12(3)19-14)13-10-17-18(11-13)9-5-2/h6-7,10-11,15-16H,4-5,8-9H2,1-3H3. The van der Waals surface area contributed by atoms with Crippen LogP contribution in [0.2, 0.25) is 0 Å². The average molecular weight is 261 g/mol. The Balaban J connectivity index is 2.20. The molecule has 1 atom stereocenters. The Morgan fingerprint density at radius 3 is 2.79 bits per heavy atom. The van der Waals surface area contributed by atoms with Crippen molar-refractivity contribution in [2.75, 3.05) is 6.54 Å². The highest BCUT2D eigenvalue weighted by atomic mass is 16.3. The third-order valence-corrected chi connectivity index (χ3v) is 3.08. The fraction of sp³-hybridized carbons (Fsp3) is 0.533. The summed E-state index contributed by atoms with van der Waals surface area (Å²) in [6, 6.07) is 4.14. The van der Waals surface area contributed by atoms with Gasteiger partial charge in [0.05, 0.1) is 12.2 Å². The summed E-state index contributed by atoms with van der Waals surface area (Å²) in [6.07, 6.45) is 6.23. The van der Waals surface area contributed by atoms with Gasteiger partial charge >= 0.3 is 0 Å². The molecule has 0 spiro atoms. The highest BCUT2D eigenvalue weighted by Gasteiger charge is 2.18. The van der Waals surface area contributed by atoms with Crippen LogP contribution in [0.3, 0.4) is 0 Å². The molecule has 0 aliphatic rings. The zero-order valence-electron chi connectivity index (χ0n) is 12.0. The molecule has 0 radical (unpaired) electrons. The van der Waals surface area contributed by atoms with Crippen molar-refractivity contribution < 1.29 is 4.42 Å². The van der Waals surface area contributed by atoms with E-state index >= 15 is 0 Å². The predicted octanol–water partition coefficient (Wildman–Crippen LogP) is 3.28. The molecule has 104 valence electrons. The summed E-state index contributed by atoms with van der Waals surface area (Å²) in [5.74, 6) is 1.90. The first-order valence-electron chi connectivity index (χ1n) is 7.06. The molecule has 0 amide bonds. The van der Waals surface area contributed by atoms with E-state index in [0.717, 1.165) is 43.0 Å². The summed E-state index contributed by atoms with van der Waals surface area (Å²) in [4.78, 5) is 0. The first kappa shape index (κ1) is 13.9. The predicted molar refractivity (Wildman–Crippen MR) is 76.1 cm³/mol. The minimum atomic E-state index is 0.0965. The van der Waals surface area contributed by atoms with E-state index in [0.29, 0.717) is 0 Å². The Bertz CT molecular complexity index is 501. The van der Waals surface area contributed by atoms with E-state index in [1.165, 1.54) is 0 Å². The Labute approximate surface area is 114 Å². The van der Waals surface area contributed by atoms with Crippen LogP contribution in [0.5, 0.6) is 0 Å². The van der Waals surface area contributed by atoms with Crippen LogP contribution in [0.1, 0.15) is 49.8 Å². The number of aromatic nitrogens is 2. The van der Waals surface area contributed by atoms with E-state index < -0.39 is 0 Å². The first-order chi connectivity index (χ1) is 9.24. The van der Waals surface area contributed by atoms with E-state index in [1.54, 1.807) is 0 Å². The van der Waals surface area contributed by atoms with Gasteiger partial charge in [-0.2, -0.15) is 5.10 Å². The van der Waals surface area contributed by atoms with Crippen LogP contribution in [0.15, 0.2) is 28.9 Å². The molecule has 2 heterocycles. The van der Waals surface area contributed by atoms with Gasteiger partial charge in [0, 0.05) is 18.3 Å². The number of furan rings is 1. The summed E-state index contributed by atoms with van der Waals surface area (Å²) < 4.78 is 7.76. The van der Waals surface area contributed by atoms with Crippen molar-refractivity contribution in [1.29, 1.82) is 0 Å². The number of hydrogen-bond donors (Lipinski definition) is 1. The average Bonchev–Trinajstić information content (AvgIpc) is 3.01. The Morgan fingerprint density at radius 1 is 1.32 bits per heavy atom. The molecule has 0 fully saturated rings. The topological polar surface area (TPSA) is 43.0 Å². The lowest BCUT2D eigenvalue weighted by Crippen LogP contribution is -2.22. The zero-order chi connectivity index (χ0) is 13.7. The lowest BCUT2D eigenvalue weighted by Gasteiger charge is -2.14. The molecular formula is C15H23N3O. The van der Waals surface area contributed by atoms with E-state index in [9.17, 15) is 0 Å². The molecule has 0 aliphatic heterocycles. The Kier molecular flexibility index (Phi) is 4.80. The van der Waals surface area contributed by atoms with E-state index in [2.05, 4.69) is 30.5 Å². The molecule has 0 saturated carbocycles. The van der Waals surface area contributed by atoms with Crippen LogP contribution in [0, 0.1) is 6.92 Å². The second-order valence-corrected chi connectivity index (χ2v) is 4.87. The molecule has 2 aromatic rings. The minimum absolute atomic E-state index is 0.0965. The van der Waals surface area contributed by atoms with Crippen LogP contribution >= 0.6 is 0 Å². The zero-order valence-corrected chi connectivity index (χ0v) is 12.0. The maximum atomic E-state index is 5.77. The van der Waals surface area contributed by atoms with E-state index in [-0.39, 0.29) is 6.04 Å². The lowest BCUT2D eigenvalue weighted by molar-refractivity contribution is 0.430. The van der Waals surface area contributed by atoms with Crippen molar-refractivity contribution in [1.82, 2.24) is 15.1 Å². The van der Waals surface area contributed by atoms with Gasteiger partial charge in [-0.05, 0) is 38.4 Å². The molecule has 2 aromatic heterocycles. The Hall–Kier alpha value is -1.55. The molecule has 1 unspecified atom stereocenters. The van der Waals surface area contributed by atoms with Crippen molar-refractivity contribution in [3.05, 3.63) is 41.6 Å². The largest absolute Gasteiger partial charge is 0.464 e. The summed E-state index contributed by atoms with van der Waals surface area (Å²) in [6.45, 7) is 8.21. The van der Waals surface area contributed by atoms with Crippen LogP contribution in [0.25, 0.3) is 0 Å². The number of nitrogens with zero attached hydrogens (tertiary/aromatic N) is 2. The second kappa shape index (κ2) is 6.57. The Morgan fingerprint density at radius 2 is 2.16 bits per heavy atom. The molecule has 4 heteroatoms. The van der Waals surface area contributed by atoms with Crippen molar-refractivity contribution >= 4 is 0 Å². The fourth-order valence-electron chi connectivity index (χ4n) is 2.16. The monoisotopic (exact) mass is 261 g/mol. The molecule has 0 saturated heterocycles. The smallest absolute Gasteiger partial charge is 0.125 e. The molecule has 0 aliphatic carbocycles. The molecule has 19 heavy (non-hydrogen) atoms. The molecule has 4 nitrogen and oxygen atoms in total. The van der Waals surface area contributed by atoms with Gasteiger partial charge in [-0.25, -0.2) is 0 Å². The number of rotatable bonds is 7. The number of aryl methyl sites for hydroxylation is 2. The van der Waals surface area contributed by atoms with Gasteiger partial charge in [0.2, 0.25) is 0 Å². The molecule has 1 N–H and O–H groups in total. The highest BCUT2D eigenvalue weighted by Crippen LogP contribution is 2.23. The van der Waals surface area contributed by atoms with Crippen molar-refractivity contribution in [3.63, 3.8) is 0 Å². The van der Waals surface area contributed by atoms with E-state index in [4.69, 9.17) is 4.42 Å². The van der Waals surface area contributed by atoms with Gasteiger partial charge in [-0.15, -0.1) is 0 Å². The summed E-state index contributed by atoms with van der Waals surface area (Å²) in [5, 5.41) is 7.93. The first-order valence-corrected chi connectivity index (χ1v) is 7.06. The van der Waals surface area contributed by atoms with E-state index in [1.807, 2.05) is 29.9 Å². The van der Waals surface area contributed by atoms with Gasteiger partial charge in [-0.3, -0.25) is 4.68 Å². The third-order valence-electron chi connectivity index (χ3n) is 3.08. The molecule has 2 rings (SSSR count). The van der Waals surface area contributed by atoms with Gasteiger partial charge < -0.3 is 9.73 Å². The van der Waals surface area contributed by atoms with Gasteiger partial charge in [0.15, 0.2) is 0 Å². The summed E-state index contributed by atoms with van der Waals surface area (Å²) in [7, 11) is 0. The van der Waals surface area contributed by atoms with Gasteiger partial charge in [0.25, 0.3) is 0 Å². The van der Waals surface area contributed by atoms with Gasteiger partial charge in [0.1, 0.15) is 11.5 Å². The SMILES string of the molecule is CCCNC(c1cnn(CCC)c1)c1ccc(C)o1. The van der Waals surface area contributed by atoms with Gasteiger partial charge in [-0.1, -0.05) is 13.8 Å². The van der Waals surface area contributed by atoms with Crippen LogP contribution in [-0.2, 0) is 6.54 Å². The fourth-order valence-corrected chi connectivity index (χ4v) is 2.16. The molecular weight excluding hydrogens is 238 g/mol. The third kappa shape index (κ3) is 3.47. The number of hydrogen-bond acceptors (Lipinski definition) is 3. The van der Waals surface area contributed by atoms with Crippen LogP contribution in [-0.4, -0.2) is 16.3 Å². The normalized spacial score (nSPS) is 12.8. The summed E-state index contributed by atoms with van der Waals surface area (Å²) >= 11 is 0. The van der Waals surface area contributed by atoms with Crippen LogP contribution in [0.4, 0.5) is 0 Å². The van der Waals surface area contributed by atoms with Crippen LogP contribution < -0.4 is 5.32 Å². The minimum Gasteiger partial charge on any atom is -0.464 e. The number of nitrogens with one attached hydrogen (secondary N) is 1. The van der Waals surface area contributed by atoms with Crippen molar-refractivity contribution in [3.8, 4) is 0 Å². The maximum absolute atomic E-state index is 5.77. The summed E-state index contributed by atoms with van der Waals surface area (Å²) in [5.41, 5.74) is 1.16. The second-order valence-electron chi connectivity index (χ2n) is 4.87. The highest BCUT2D eigenvalue weighted by molar-refractivity contribution is 5.23. The molecule has 0 bridgehead atoms. The quantitative estimate of drug-likeness (QED) is 0.831. The molecule has 0 aromatic carbocycles. The van der Waals surface area contributed by atoms with Crippen molar-refractivity contribution in [2.45, 2.75) is 46.2 Å².